The number of hydrogen-bond acceptors (Lipinski definition) is 4. The van der Waals surface area contributed by atoms with E-state index < -0.39 is 17.8 Å². The number of halogens is 3. The van der Waals surface area contributed by atoms with Crippen LogP contribution in [0.3, 0.4) is 0 Å². The summed E-state index contributed by atoms with van der Waals surface area (Å²) in [6.07, 6.45) is -6.33. The van der Waals surface area contributed by atoms with Gasteiger partial charge < -0.3 is 14.6 Å². The molecule has 1 aromatic rings. The van der Waals surface area contributed by atoms with Crippen molar-refractivity contribution in [3.05, 3.63) is 17.8 Å². The minimum absolute atomic E-state index is 0.0286. The Morgan fingerprint density at radius 2 is 1.94 bits per heavy atom. The molecule has 4 nitrogen and oxygen atoms in total. The second kappa shape index (κ2) is 4.56. The lowest BCUT2D eigenvalue weighted by molar-refractivity contribution is -0.207. The standard InChI is InChI=1S/C9H10F3NO3/c1-15-6-4-13-7(16-2)3-5(6)8(14)9(10,11)12/h3-4,8,14H,1-2H3/t8-/m0/s1. The van der Waals surface area contributed by atoms with Crippen LogP contribution in [0.4, 0.5) is 13.2 Å². The van der Waals surface area contributed by atoms with E-state index in [9.17, 15) is 13.2 Å². The van der Waals surface area contributed by atoms with E-state index in [2.05, 4.69) is 14.5 Å². The molecular formula is C9H10F3NO3. The predicted octanol–water partition coefficient (Wildman–Crippen LogP) is 1.69. The Balaban J connectivity index is 3.18. The molecule has 0 saturated carbocycles. The quantitative estimate of drug-likeness (QED) is 0.869. The van der Waals surface area contributed by atoms with Crippen molar-refractivity contribution >= 4 is 0 Å². The molecule has 7 heteroatoms. The van der Waals surface area contributed by atoms with Crippen molar-refractivity contribution in [1.29, 1.82) is 0 Å². The number of alkyl halides is 3. The van der Waals surface area contributed by atoms with Crippen LogP contribution in [0.1, 0.15) is 11.7 Å². The van der Waals surface area contributed by atoms with Crippen molar-refractivity contribution in [1.82, 2.24) is 4.98 Å². The van der Waals surface area contributed by atoms with Crippen LogP contribution in [0, 0.1) is 0 Å². The number of methoxy groups -OCH3 is 2. The third kappa shape index (κ3) is 2.54. The molecule has 0 aliphatic carbocycles. The average molecular weight is 237 g/mol. The first-order valence-corrected chi connectivity index (χ1v) is 4.23. The minimum Gasteiger partial charge on any atom is -0.495 e. The molecule has 0 aliphatic rings. The van der Waals surface area contributed by atoms with Gasteiger partial charge in [-0.25, -0.2) is 4.98 Å². The van der Waals surface area contributed by atoms with E-state index in [1.54, 1.807) is 0 Å². The van der Waals surface area contributed by atoms with Gasteiger partial charge >= 0.3 is 6.18 Å². The lowest BCUT2D eigenvalue weighted by atomic mass is 10.1. The second-order valence-electron chi connectivity index (χ2n) is 2.91. The lowest BCUT2D eigenvalue weighted by Gasteiger charge is -2.17. The van der Waals surface area contributed by atoms with Crippen molar-refractivity contribution in [2.75, 3.05) is 14.2 Å². The fourth-order valence-corrected chi connectivity index (χ4v) is 1.11. The zero-order valence-corrected chi connectivity index (χ0v) is 8.58. The predicted molar refractivity (Wildman–Crippen MR) is 48.4 cm³/mol. The maximum atomic E-state index is 12.3. The van der Waals surface area contributed by atoms with Gasteiger partial charge in [-0.1, -0.05) is 0 Å². The zero-order chi connectivity index (χ0) is 12.3. The number of hydrogen-bond donors (Lipinski definition) is 1. The highest BCUT2D eigenvalue weighted by Gasteiger charge is 2.41. The van der Waals surface area contributed by atoms with E-state index in [4.69, 9.17) is 5.11 Å². The van der Waals surface area contributed by atoms with E-state index in [-0.39, 0.29) is 11.6 Å². The third-order valence-electron chi connectivity index (χ3n) is 1.91. The summed E-state index contributed by atoms with van der Waals surface area (Å²) in [4.78, 5) is 3.67. The highest BCUT2D eigenvalue weighted by Crippen LogP contribution is 2.37. The van der Waals surface area contributed by atoms with Gasteiger partial charge in [-0.15, -0.1) is 0 Å². The van der Waals surface area contributed by atoms with E-state index in [0.29, 0.717) is 0 Å². The summed E-state index contributed by atoms with van der Waals surface area (Å²) in [5.41, 5.74) is -0.429. The van der Waals surface area contributed by atoms with Crippen LogP contribution < -0.4 is 9.47 Å². The van der Waals surface area contributed by atoms with Gasteiger partial charge in [-0.3, -0.25) is 0 Å². The molecule has 16 heavy (non-hydrogen) atoms. The Kier molecular flexibility index (Phi) is 3.58. The Labute approximate surface area is 89.6 Å². The molecule has 0 spiro atoms. The van der Waals surface area contributed by atoms with E-state index in [1.165, 1.54) is 14.2 Å². The van der Waals surface area contributed by atoms with Gasteiger partial charge in [-0.2, -0.15) is 13.2 Å². The van der Waals surface area contributed by atoms with Crippen molar-refractivity contribution in [2.45, 2.75) is 12.3 Å². The minimum atomic E-state index is -4.76. The highest BCUT2D eigenvalue weighted by atomic mass is 19.4. The molecule has 0 aromatic carbocycles. The highest BCUT2D eigenvalue weighted by molar-refractivity contribution is 5.37. The Morgan fingerprint density at radius 3 is 2.38 bits per heavy atom. The molecule has 1 aromatic heterocycles. The molecule has 1 N–H and O–H groups in total. The maximum Gasteiger partial charge on any atom is 0.418 e. The first-order valence-electron chi connectivity index (χ1n) is 4.23. The smallest absolute Gasteiger partial charge is 0.418 e. The molecule has 1 rings (SSSR count). The fourth-order valence-electron chi connectivity index (χ4n) is 1.11. The maximum absolute atomic E-state index is 12.3. The largest absolute Gasteiger partial charge is 0.495 e. The number of aliphatic hydroxyl groups is 1. The summed E-state index contributed by atoms with van der Waals surface area (Å²) >= 11 is 0. The monoisotopic (exact) mass is 237 g/mol. The first-order chi connectivity index (χ1) is 7.40. The van der Waals surface area contributed by atoms with Crippen LogP contribution in [0.15, 0.2) is 12.3 Å². The fraction of sp³-hybridized carbons (Fsp3) is 0.444. The van der Waals surface area contributed by atoms with Crippen LogP contribution in [-0.2, 0) is 0 Å². The number of rotatable bonds is 3. The number of nitrogens with zero attached hydrogens (tertiary/aromatic N) is 1. The lowest BCUT2D eigenvalue weighted by Crippen LogP contribution is -2.21. The molecule has 90 valence electrons. The summed E-state index contributed by atoms with van der Waals surface area (Å²) in [6, 6.07) is 0.983. The van der Waals surface area contributed by atoms with Crippen molar-refractivity contribution in [3.8, 4) is 11.6 Å². The van der Waals surface area contributed by atoms with Crippen LogP contribution >= 0.6 is 0 Å². The number of aromatic nitrogens is 1. The van der Waals surface area contributed by atoms with Crippen molar-refractivity contribution in [3.63, 3.8) is 0 Å². The summed E-state index contributed by atoms with van der Waals surface area (Å²) < 4.78 is 46.3. The number of ether oxygens (including phenoxy) is 2. The van der Waals surface area contributed by atoms with Gasteiger partial charge in [0, 0.05) is 11.6 Å². The number of pyridine rings is 1. The van der Waals surface area contributed by atoms with E-state index in [1.807, 2.05) is 0 Å². The Morgan fingerprint density at radius 1 is 1.31 bits per heavy atom. The normalized spacial score (nSPS) is 13.4. The van der Waals surface area contributed by atoms with E-state index >= 15 is 0 Å². The molecule has 0 unspecified atom stereocenters. The molecule has 0 fully saturated rings. The summed E-state index contributed by atoms with van der Waals surface area (Å²) in [5.74, 6) is -0.176. The molecule has 0 amide bonds. The van der Waals surface area contributed by atoms with Crippen molar-refractivity contribution < 1.29 is 27.8 Å². The molecule has 1 heterocycles. The van der Waals surface area contributed by atoms with Crippen LogP contribution in [0.25, 0.3) is 0 Å². The third-order valence-corrected chi connectivity index (χ3v) is 1.91. The number of aliphatic hydroxyl groups excluding tert-OH is 1. The Bertz CT molecular complexity index is 368. The van der Waals surface area contributed by atoms with Crippen LogP contribution in [0.5, 0.6) is 11.6 Å². The topological polar surface area (TPSA) is 51.6 Å². The van der Waals surface area contributed by atoms with Gasteiger partial charge in [0.15, 0.2) is 6.10 Å². The summed E-state index contributed by atoms with van der Waals surface area (Å²) in [7, 11) is 2.45. The van der Waals surface area contributed by atoms with Gasteiger partial charge in [0.25, 0.3) is 0 Å². The first kappa shape index (κ1) is 12.6. The molecular weight excluding hydrogens is 227 g/mol. The van der Waals surface area contributed by atoms with Gasteiger partial charge in [0.2, 0.25) is 5.88 Å². The van der Waals surface area contributed by atoms with Crippen LogP contribution in [-0.4, -0.2) is 30.5 Å². The molecule has 0 saturated heterocycles. The SMILES string of the molecule is COc1cc([C@H](O)C(F)(F)F)c(OC)cn1. The van der Waals surface area contributed by atoms with Gasteiger partial charge in [-0.05, 0) is 0 Å². The Hall–Kier alpha value is -1.50. The summed E-state index contributed by atoms with van der Waals surface area (Å²) in [6.45, 7) is 0. The molecule has 0 bridgehead atoms. The van der Waals surface area contributed by atoms with Gasteiger partial charge in [0.1, 0.15) is 5.75 Å². The van der Waals surface area contributed by atoms with Gasteiger partial charge in [0.05, 0.1) is 20.4 Å². The van der Waals surface area contributed by atoms with Crippen LogP contribution in [0.2, 0.25) is 0 Å². The zero-order valence-electron chi connectivity index (χ0n) is 8.58. The molecule has 0 aliphatic heterocycles. The van der Waals surface area contributed by atoms with Crippen molar-refractivity contribution in [2.24, 2.45) is 0 Å². The van der Waals surface area contributed by atoms with E-state index in [0.717, 1.165) is 12.3 Å². The molecule has 1 atom stereocenters. The molecule has 0 radical (unpaired) electrons. The summed E-state index contributed by atoms with van der Waals surface area (Å²) in [5, 5.41) is 9.10. The second-order valence-corrected chi connectivity index (χ2v) is 2.91. The average Bonchev–Trinajstić information content (AvgIpc) is 2.25.